The van der Waals surface area contributed by atoms with E-state index in [1.807, 2.05) is 31.2 Å². The summed E-state index contributed by atoms with van der Waals surface area (Å²) in [5.41, 5.74) is 1.80. The van der Waals surface area contributed by atoms with Crippen LogP contribution in [0.15, 0.2) is 48.5 Å². The first-order chi connectivity index (χ1) is 10.2. The zero-order valence-corrected chi connectivity index (χ0v) is 12.7. The summed E-state index contributed by atoms with van der Waals surface area (Å²) in [6, 6.07) is 14.9. The lowest BCUT2D eigenvalue weighted by Crippen LogP contribution is -2.12. The first-order valence-corrected chi connectivity index (χ1v) is 7.33. The molecule has 0 aliphatic carbocycles. The molecule has 0 atom stereocenters. The molecule has 0 saturated carbocycles. The average molecular weight is 304 g/mol. The molecule has 0 aliphatic rings. The Labute approximate surface area is 129 Å². The number of hydrogen-bond donors (Lipinski definition) is 1. The molecule has 3 nitrogen and oxygen atoms in total. The Kier molecular flexibility index (Phi) is 5.64. The number of hydrogen-bond acceptors (Lipinski definition) is 2. The van der Waals surface area contributed by atoms with Gasteiger partial charge in [-0.05, 0) is 49.2 Å². The minimum atomic E-state index is -0.0244. The van der Waals surface area contributed by atoms with Crippen molar-refractivity contribution in [2.75, 3.05) is 11.9 Å². The van der Waals surface area contributed by atoms with Gasteiger partial charge in [-0.1, -0.05) is 29.8 Å². The fourth-order valence-corrected chi connectivity index (χ4v) is 2.14. The van der Waals surface area contributed by atoms with Crippen molar-refractivity contribution in [3.63, 3.8) is 0 Å². The zero-order chi connectivity index (χ0) is 15.1. The molecule has 4 heteroatoms. The summed E-state index contributed by atoms with van der Waals surface area (Å²) < 4.78 is 5.55. The molecule has 2 rings (SSSR count). The number of amides is 1. The summed E-state index contributed by atoms with van der Waals surface area (Å²) in [7, 11) is 0. The Balaban J connectivity index is 1.90. The van der Waals surface area contributed by atoms with Gasteiger partial charge in [0.2, 0.25) is 5.91 Å². The standard InChI is InChI=1S/C17H18ClNO2/c1-2-21-16-6-4-3-5-13(16)7-12-17(20)19-15-10-8-14(18)9-11-15/h3-6,8-11H,2,7,12H2,1H3,(H,19,20). The maximum Gasteiger partial charge on any atom is 0.224 e. The molecule has 0 aliphatic heterocycles. The molecule has 0 aromatic heterocycles. The van der Waals surface area contributed by atoms with E-state index in [9.17, 15) is 4.79 Å². The largest absolute Gasteiger partial charge is 0.494 e. The van der Waals surface area contributed by atoms with Crippen LogP contribution in [-0.4, -0.2) is 12.5 Å². The Morgan fingerprint density at radius 2 is 1.86 bits per heavy atom. The van der Waals surface area contributed by atoms with Crippen molar-refractivity contribution in [2.45, 2.75) is 19.8 Å². The van der Waals surface area contributed by atoms with E-state index in [0.29, 0.717) is 24.5 Å². The molecule has 110 valence electrons. The average Bonchev–Trinajstić information content (AvgIpc) is 2.49. The lowest BCUT2D eigenvalue weighted by atomic mass is 10.1. The highest BCUT2D eigenvalue weighted by Crippen LogP contribution is 2.20. The molecule has 2 aromatic rings. The van der Waals surface area contributed by atoms with Crippen molar-refractivity contribution in [2.24, 2.45) is 0 Å². The topological polar surface area (TPSA) is 38.3 Å². The summed E-state index contributed by atoms with van der Waals surface area (Å²) >= 11 is 5.81. The summed E-state index contributed by atoms with van der Waals surface area (Å²) in [4.78, 5) is 12.0. The van der Waals surface area contributed by atoms with Crippen molar-refractivity contribution in [3.8, 4) is 5.75 Å². The van der Waals surface area contributed by atoms with Gasteiger partial charge in [0, 0.05) is 17.1 Å². The molecular formula is C17H18ClNO2. The van der Waals surface area contributed by atoms with Crippen molar-refractivity contribution >= 4 is 23.2 Å². The van der Waals surface area contributed by atoms with Gasteiger partial charge in [-0.2, -0.15) is 0 Å². The lowest BCUT2D eigenvalue weighted by Gasteiger charge is -2.10. The van der Waals surface area contributed by atoms with Gasteiger partial charge in [-0.15, -0.1) is 0 Å². The van der Waals surface area contributed by atoms with Crippen LogP contribution in [0.25, 0.3) is 0 Å². The summed E-state index contributed by atoms with van der Waals surface area (Å²) in [6.07, 6.45) is 1.06. The maximum atomic E-state index is 12.0. The highest BCUT2D eigenvalue weighted by atomic mass is 35.5. The highest BCUT2D eigenvalue weighted by molar-refractivity contribution is 6.30. The van der Waals surface area contributed by atoms with Gasteiger partial charge in [0.15, 0.2) is 0 Å². The zero-order valence-electron chi connectivity index (χ0n) is 11.9. The van der Waals surface area contributed by atoms with Crippen molar-refractivity contribution in [1.29, 1.82) is 0 Å². The third kappa shape index (κ3) is 4.80. The lowest BCUT2D eigenvalue weighted by molar-refractivity contribution is -0.116. The number of carbonyl (C=O) groups is 1. The third-order valence-corrected chi connectivity index (χ3v) is 3.27. The van der Waals surface area contributed by atoms with Gasteiger partial charge in [0.25, 0.3) is 0 Å². The van der Waals surface area contributed by atoms with Crippen molar-refractivity contribution in [3.05, 3.63) is 59.1 Å². The number of carbonyl (C=O) groups excluding carboxylic acids is 1. The molecular weight excluding hydrogens is 286 g/mol. The van der Waals surface area contributed by atoms with E-state index in [1.165, 1.54) is 0 Å². The SMILES string of the molecule is CCOc1ccccc1CCC(=O)Nc1ccc(Cl)cc1. The molecule has 1 amide bonds. The monoisotopic (exact) mass is 303 g/mol. The molecule has 0 unspecified atom stereocenters. The van der Waals surface area contributed by atoms with Gasteiger partial charge in [-0.3, -0.25) is 4.79 Å². The highest BCUT2D eigenvalue weighted by Gasteiger charge is 2.07. The molecule has 0 spiro atoms. The van der Waals surface area contributed by atoms with E-state index < -0.39 is 0 Å². The Hall–Kier alpha value is -2.00. The molecule has 21 heavy (non-hydrogen) atoms. The Morgan fingerprint density at radius 3 is 2.57 bits per heavy atom. The molecule has 0 radical (unpaired) electrons. The quantitative estimate of drug-likeness (QED) is 0.863. The van der Waals surface area contributed by atoms with Crippen LogP contribution in [0.2, 0.25) is 5.02 Å². The number of halogens is 1. The summed E-state index contributed by atoms with van der Waals surface area (Å²) in [5.74, 6) is 0.822. The van der Waals surface area contributed by atoms with Crippen LogP contribution in [0.4, 0.5) is 5.69 Å². The van der Waals surface area contributed by atoms with Crippen LogP contribution in [0.1, 0.15) is 18.9 Å². The van der Waals surface area contributed by atoms with E-state index in [1.54, 1.807) is 24.3 Å². The predicted octanol–water partition coefficient (Wildman–Crippen LogP) is 4.31. The van der Waals surface area contributed by atoms with E-state index >= 15 is 0 Å². The normalized spacial score (nSPS) is 10.2. The van der Waals surface area contributed by atoms with Gasteiger partial charge < -0.3 is 10.1 Å². The van der Waals surface area contributed by atoms with Crippen LogP contribution in [-0.2, 0) is 11.2 Å². The number of para-hydroxylation sites is 1. The first-order valence-electron chi connectivity index (χ1n) is 6.95. The predicted molar refractivity (Wildman–Crippen MR) is 86.0 cm³/mol. The molecule has 0 saturated heterocycles. The number of rotatable bonds is 6. The van der Waals surface area contributed by atoms with Gasteiger partial charge in [0.05, 0.1) is 6.61 Å². The molecule has 0 fully saturated rings. The van der Waals surface area contributed by atoms with E-state index in [2.05, 4.69) is 5.32 Å². The Morgan fingerprint density at radius 1 is 1.14 bits per heavy atom. The van der Waals surface area contributed by atoms with E-state index in [4.69, 9.17) is 16.3 Å². The maximum absolute atomic E-state index is 12.0. The van der Waals surface area contributed by atoms with Crippen molar-refractivity contribution < 1.29 is 9.53 Å². The van der Waals surface area contributed by atoms with Crippen LogP contribution in [0.3, 0.4) is 0 Å². The van der Waals surface area contributed by atoms with Crippen LogP contribution in [0.5, 0.6) is 5.75 Å². The summed E-state index contributed by atoms with van der Waals surface area (Å²) in [5, 5.41) is 3.50. The number of ether oxygens (including phenoxy) is 1. The molecule has 1 N–H and O–H groups in total. The molecule has 2 aromatic carbocycles. The number of benzene rings is 2. The minimum absolute atomic E-state index is 0.0244. The summed E-state index contributed by atoms with van der Waals surface area (Å²) in [6.45, 7) is 2.57. The van der Waals surface area contributed by atoms with Gasteiger partial charge >= 0.3 is 0 Å². The van der Waals surface area contributed by atoms with Crippen LogP contribution in [0, 0.1) is 0 Å². The fourth-order valence-electron chi connectivity index (χ4n) is 2.01. The van der Waals surface area contributed by atoms with Gasteiger partial charge in [0.1, 0.15) is 5.75 Å². The fraction of sp³-hybridized carbons (Fsp3) is 0.235. The molecule has 0 bridgehead atoms. The first kappa shape index (κ1) is 15.4. The second kappa shape index (κ2) is 7.70. The Bertz CT molecular complexity index is 596. The van der Waals surface area contributed by atoms with Crippen LogP contribution >= 0.6 is 11.6 Å². The van der Waals surface area contributed by atoms with E-state index in [-0.39, 0.29) is 5.91 Å². The smallest absolute Gasteiger partial charge is 0.224 e. The van der Waals surface area contributed by atoms with Crippen LogP contribution < -0.4 is 10.1 Å². The minimum Gasteiger partial charge on any atom is -0.494 e. The number of aryl methyl sites for hydroxylation is 1. The number of anilines is 1. The number of nitrogens with one attached hydrogen (secondary N) is 1. The van der Waals surface area contributed by atoms with E-state index in [0.717, 1.165) is 17.0 Å². The van der Waals surface area contributed by atoms with Gasteiger partial charge in [-0.25, -0.2) is 0 Å². The second-order valence-corrected chi connectivity index (χ2v) is 5.03. The third-order valence-electron chi connectivity index (χ3n) is 3.02. The second-order valence-electron chi connectivity index (χ2n) is 4.60. The van der Waals surface area contributed by atoms with Crippen molar-refractivity contribution in [1.82, 2.24) is 0 Å². The molecule has 0 heterocycles.